The predicted octanol–water partition coefficient (Wildman–Crippen LogP) is 4.93. The van der Waals surface area contributed by atoms with Crippen molar-refractivity contribution in [1.29, 1.82) is 0 Å². The van der Waals surface area contributed by atoms with Crippen LogP contribution in [-0.2, 0) is 21.4 Å². The lowest BCUT2D eigenvalue weighted by molar-refractivity contribution is -0.116. The van der Waals surface area contributed by atoms with Crippen molar-refractivity contribution >= 4 is 33.2 Å². The fraction of sp³-hybridized carbons (Fsp3) is 0.174. The van der Waals surface area contributed by atoms with Crippen LogP contribution < -0.4 is 5.32 Å². The molecule has 0 aliphatic heterocycles. The minimum absolute atomic E-state index is 0.0350. The molecule has 31 heavy (non-hydrogen) atoms. The standard InChI is InChI=1S/C23H22ClFN2O3S/c1-16-7-10-20(13-17(16)2)26-23(28)15-27(14-18-5-3-4-6-22(18)25)31(29,30)21-11-8-19(24)9-12-21/h3-13H,14-15H2,1-2H3,(H,26,28). The molecule has 1 N–H and O–H groups in total. The zero-order valence-electron chi connectivity index (χ0n) is 17.1. The van der Waals surface area contributed by atoms with Crippen molar-refractivity contribution in [3.8, 4) is 0 Å². The SMILES string of the molecule is Cc1ccc(NC(=O)CN(Cc2ccccc2F)S(=O)(=O)c2ccc(Cl)cc2)cc1C. The summed E-state index contributed by atoms with van der Waals surface area (Å²) in [6.07, 6.45) is 0. The summed E-state index contributed by atoms with van der Waals surface area (Å²) in [7, 11) is -4.09. The van der Waals surface area contributed by atoms with Crippen LogP contribution in [-0.4, -0.2) is 25.2 Å². The van der Waals surface area contributed by atoms with E-state index in [0.29, 0.717) is 10.7 Å². The molecule has 5 nitrogen and oxygen atoms in total. The number of anilines is 1. The molecule has 1 amide bonds. The minimum Gasteiger partial charge on any atom is -0.325 e. The van der Waals surface area contributed by atoms with Gasteiger partial charge >= 0.3 is 0 Å². The number of halogens is 2. The van der Waals surface area contributed by atoms with Crippen LogP contribution in [0.4, 0.5) is 10.1 Å². The average molecular weight is 461 g/mol. The largest absolute Gasteiger partial charge is 0.325 e. The summed E-state index contributed by atoms with van der Waals surface area (Å²) < 4.78 is 41.6. The number of rotatable bonds is 7. The molecular formula is C23H22ClFN2O3S. The van der Waals surface area contributed by atoms with Gasteiger partial charge in [-0.2, -0.15) is 4.31 Å². The molecule has 0 spiro atoms. The van der Waals surface area contributed by atoms with Crippen molar-refractivity contribution in [2.45, 2.75) is 25.3 Å². The number of hydrogen-bond acceptors (Lipinski definition) is 3. The molecule has 0 heterocycles. The van der Waals surface area contributed by atoms with E-state index in [1.807, 2.05) is 26.0 Å². The Kier molecular flexibility index (Phi) is 7.10. The Morgan fingerprint density at radius 1 is 1.00 bits per heavy atom. The molecule has 0 saturated heterocycles. The van der Waals surface area contributed by atoms with Crippen molar-refractivity contribution in [3.63, 3.8) is 0 Å². The number of benzene rings is 3. The van der Waals surface area contributed by atoms with Gasteiger partial charge in [-0.05, 0) is 67.4 Å². The molecule has 3 rings (SSSR count). The molecule has 0 aromatic heterocycles. The lowest BCUT2D eigenvalue weighted by Crippen LogP contribution is -2.37. The molecular weight excluding hydrogens is 439 g/mol. The first kappa shape index (κ1) is 22.9. The van der Waals surface area contributed by atoms with Crippen molar-refractivity contribution in [2.75, 3.05) is 11.9 Å². The van der Waals surface area contributed by atoms with Gasteiger partial charge in [0.15, 0.2) is 0 Å². The van der Waals surface area contributed by atoms with Gasteiger partial charge in [-0.1, -0.05) is 35.9 Å². The van der Waals surface area contributed by atoms with Gasteiger partial charge in [0.1, 0.15) is 5.82 Å². The highest BCUT2D eigenvalue weighted by Gasteiger charge is 2.28. The molecule has 0 radical (unpaired) electrons. The first-order valence-electron chi connectivity index (χ1n) is 9.53. The third-order valence-corrected chi connectivity index (χ3v) is 6.92. The van der Waals surface area contributed by atoms with E-state index in [1.54, 1.807) is 12.1 Å². The Labute approximate surface area is 186 Å². The second kappa shape index (κ2) is 9.60. The topological polar surface area (TPSA) is 66.5 Å². The van der Waals surface area contributed by atoms with Crippen LogP contribution in [0.3, 0.4) is 0 Å². The van der Waals surface area contributed by atoms with E-state index in [-0.39, 0.29) is 17.0 Å². The van der Waals surface area contributed by atoms with Gasteiger partial charge in [-0.3, -0.25) is 4.79 Å². The van der Waals surface area contributed by atoms with Crippen LogP contribution in [0, 0.1) is 19.7 Å². The third-order valence-electron chi connectivity index (χ3n) is 4.87. The van der Waals surface area contributed by atoms with E-state index in [2.05, 4.69) is 5.32 Å². The van der Waals surface area contributed by atoms with Crippen molar-refractivity contribution in [1.82, 2.24) is 4.31 Å². The van der Waals surface area contributed by atoms with Gasteiger partial charge < -0.3 is 5.32 Å². The van der Waals surface area contributed by atoms with E-state index in [4.69, 9.17) is 11.6 Å². The van der Waals surface area contributed by atoms with Crippen LogP contribution in [0.5, 0.6) is 0 Å². The van der Waals surface area contributed by atoms with Crippen LogP contribution in [0.25, 0.3) is 0 Å². The van der Waals surface area contributed by atoms with E-state index < -0.39 is 28.3 Å². The zero-order valence-corrected chi connectivity index (χ0v) is 18.7. The van der Waals surface area contributed by atoms with Gasteiger partial charge in [-0.15, -0.1) is 0 Å². The number of nitrogens with one attached hydrogen (secondary N) is 1. The van der Waals surface area contributed by atoms with Crippen LogP contribution in [0.1, 0.15) is 16.7 Å². The molecule has 0 aliphatic carbocycles. The minimum atomic E-state index is -4.09. The van der Waals surface area contributed by atoms with E-state index in [9.17, 15) is 17.6 Å². The third kappa shape index (κ3) is 5.70. The fourth-order valence-corrected chi connectivity index (χ4v) is 4.48. The molecule has 3 aromatic carbocycles. The lowest BCUT2D eigenvalue weighted by Gasteiger charge is -2.22. The van der Waals surface area contributed by atoms with Crippen molar-refractivity contribution < 1.29 is 17.6 Å². The summed E-state index contributed by atoms with van der Waals surface area (Å²) in [5.74, 6) is -1.08. The highest BCUT2D eigenvalue weighted by Crippen LogP contribution is 2.22. The lowest BCUT2D eigenvalue weighted by atomic mass is 10.1. The van der Waals surface area contributed by atoms with Crippen LogP contribution in [0.15, 0.2) is 71.6 Å². The number of nitrogens with zero attached hydrogens (tertiary/aromatic N) is 1. The Morgan fingerprint density at radius 3 is 2.32 bits per heavy atom. The first-order chi connectivity index (χ1) is 14.7. The Bertz CT molecular complexity index is 1200. The summed E-state index contributed by atoms with van der Waals surface area (Å²) in [5.41, 5.74) is 2.79. The highest BCUT2D eigenvalue weighted by atomic mass is 35.5. The monoisotopic (exact) mass is 460 g/mol. The fourth-order valence-electron chi connectivity index (χ4n) is 2.98. The van der Waals surface area contributed by atoms with Crippen molar-refractivity contribution in [2.24, 2.45) is 0 Å². The molecule has 0 atom stereocenters. The Balaban J connectivity index is 1.89. The number of amides is 1. The summed E-state index contributed by atoms with van der Waals surface area (Å²) in [5, 5.41) is 3.10. The maximum atomic E-state index is 14.2. The number of hydrogen-bond donors (Lipinski definition) is 1. The first-order valence-corrected chi connectivity index (χ1v) is 11.3. The van der Waals surface area contributed by atoms with E-state index >= 15 is 0 Å². The zero-order chi connectivity index (χ0) is 22.6. The summed E-state index contributed by atoms with van der Waals surface area (Å²) in [6, 6.07) is 16.9. The summed E-state index contributed by atoms with van der Waals surface area (Å²) >= 11 is 5.87. The van der Waals surface area contributed by atoms with Gasteiger partial charge in [0.2, 0.25) is 15.9 Å². The normalized spacial score (nSPS) is 11.5. The van der Waals surface area contributed by atoms with Gasteiger partial charge in [0, 0.05) is 22.8 Å². The Hall–Kier alpha value is -2.74. The smallest absolute Gasteiger partial charge is 0.243 e. The van der Waals surface area contributed by atoms with E-state index in [0.717, 1.165) is 15.4 Å². The number of aryl methyl sites for hydroxylation is 2. The maximum Gasteiger partial charge on any atom is 0.243 e. The molecule has 0 bridgehead atoms. The second-order valence-electron chi connectivity index (χ2n) is 7.17. The Morgan fingerprint density at radius 2 is 1.68 bits per heavy atom. The molecule has 162 valence electrons. The molecule has 0 aliphatic rings. The number of sulfonamides is 1. The maximum absolute atomic E-state index is 14.2. The van der Waals surface area contributed by atoms with Gasteiger partial charge in [0.05, 0.1) is 11.4 Å². The van der Waals surface area contributed by atoms with Crippen LogP contribution >= 0.6 is 11.6 Å². The molecule has 3 aromatic rings. The molecule has 0 unspecified atom stereocenters. The van der Waals surface area contributed by atoms with Gasteiger partial charge in [0.25, 0.3) is 0 Å². The van der Waals surface area contributed by atoms with Crippen molar-refractivity contribution in [3.05, 3.63) is 94.3 Å². The summed E-state index contributed by atoms with van der Waals surface area (Å²) in [4.78, 5) is 12.7. The number of carbonyl (C=O) groups is 1. The second-order valence-corrected chi connectivity index (χ2v) is 9.54. The molecule has 0 fully saturated rings. The molecule has 0 saturated carbocycles. The predicted molar refractivity (Wildman–Crippen MR) is 120 cm³/mol. The quantitative estimate of drug-likeness (QED) is 0.544. The highest BCUT2D eigenvalue weighted by molar-refractivity contribution is 7.89. The molecule has 8 heteroatoms. The van der Waals surface area contributed by atoms with Gasteiger partial charge in [-0.25, -0.2) is 12.8 Å². The average Bonchev–Trinajstić information content (AvgIpc) is 2.72. The number of carbonyl (C=O) groups excluding carboxylic acids is 1. The van der Waals surface area contributed by atoms with Crippen LogP contribution in [0.2, 0.25) is 5.02 Å². The van der Waals surface area contributed by atoms with E-state index in [1.165, 1.54) is 42.5 Å². The summed E-state index contributed by atoms with van der Waals surface area (Å²) in [6.45, 7) is 3.10.